The predicted molar refractivity (Wildman–Crippen MR) is 65.5 cm³/mol. The molecular formula is C12H19N3O. The molecule has 0 aliphatic carbocycles. The summed E-state index contributed by atoms with van der Waals surface area (Å²) in [5.74, 6) is 0.427. The highest BCUT2D eigenvalue weighted by Crippen LogP contribution is 2.13. The standard InChI is InChI=1S/C12H19N3O/c1-3-7-15(8-4-2)11-9-10(12(13)16)5-6-14-11/h5-6,9H,3-4,7-8H2,1-2H3,(H2,13,16). The van der Waals surface area contributed by atoms with Gasteiger partial charge in [-0.2, -0.15) is 0 Å². The number of carbonyl (C=O) groups excluding carboxylic acids is 1. The van der Waals surface area contributed by atoms with E-state index in [1.54, 1.807) is 18.3 Å². The van der Waals surface area contributed by atoms with Crippen molar-refractivity contribution in [3.8, 4) is 0 Å². The van der Waals surface area contributed by atoms with Crippen LogP contribution in [0.1, 0.15) is 37.0 Å². The Morgan fingerprint density at radius 2 is 2.00 bits per heavy atom. The lowest BCUT2D eigenvalue weighted by Crippen LogP contribution is -2.26. The summed E-state index contributed by atoms with van der Waals surface area (Å²) in [7, 11) is 0. The maximum absolute atomic E-state index is 11.1. The normalized spacial score (nSPS) is 10.1. The molecule has 0 fully saturated rings. The zero-order valence-corrected chi connectivity index (χ0v) is 9.94. The molecule has 1 amide bonds. The molecule has 0 atom stereocenters. The number of primary amides is 1. The van der Waals surface area contributed by atoms with E-state index in [0.29, 0.717) is 5.56 Å². The number of amides is 1. The fourth-order valence-corrected chi connectivity index (χ4v) is 1.63. The molecule has 4 heteroatoms. The minimum Gasteiger partial charge on any atom is -0.366 e. The largest absolute Gasteiger partial charge is 0.366 e. The van der Waals surface area contributed by atoms with Gasteiger partial charge in [0.05, 0.1) is 0 Å². The first kappa shape index (κ1) is 12.5. The van der Waals surface area contributed by atoms with E-state index in [4.69, 9.17) is 5.73 Å². The van der Waals surface area contributed by atoms with Crippen LogP contribution < -0.4 is 10.6 Å². The van der Waals surface area contributed by atoms with Crippen molar-refractivity contribution >= 4 is 11.7 Å². The number of rotatable bonds is 6. The molecule has 1 rings (SSSR count). The molecule has 0 bridgehead atoms. The van der Waals surface area contributed by atoms with E-state index in [-0.39, 0.29) is 0 Å². The van der Waals surface area contributed by atoms with Gasteiger partial charge in [-0.05, 0) is 25.0 Å². The van der Waals surface area contributed by atoms with Crippen LogP contribution in [0.2, 0.25) is 0 Å². The number of aromatic nitrogens is 1. The van der Waals surface area contributed by atoms with E-state index in [1.807, 2.05) is 0 Å². The molecule has 0 aromatic carbocycles. The summed E-state index contributed by atoms with van der Waals surface area (Å²) in [6, 6.07) is 3.40. The first-order valence-electron chi connectivity index (χ1n) is 5.69. The Hall–Kier alpha value is -1.58. The van der Waals surface area contributed by atoms with Gasteiger partial charge in [-0.3, -0.25) is 4.79 Å². The Bertz CT molecular complexity index is 346. The molecule has 0 aliphatic heterocycles. The van der Waals surface area contributed by atoms with Crippen LogP contribution in [0.4, 0.5) is 5.82 Å². The first-order valence-corrected chi connectivity index (χ1v) is 5.69. The summed E-state index contributed by atoms with van der Waals surface area (Å²) in [4.78, 5) is 17.5. The molecule has 0 unspecified atom stereocenters. The van der Waals surface area contributed by atoms with Crippen molar-refractivity contribution in [1.29, 1.82) is 0 Å². The number of pyridine rings is 1. The van der Waals surface area contributed by atoms with Crippen molar-refractivity contribution in [2.24, 2.45) is 5.73 Å². The Morgan fingerprint density at radius 1 is 1.38 bits per heavy atom. The summed E-state index contributed by atoms with van der Waals surface area (Å²) in [6.45, 7) is 6.15. The highest BCUT2D eigenvalue weighted by atomic mass is 16.1. The molecule has 0 radical (unpaired) electrons. The SMILES string of the molecule is CCCN(CCC)c1cc(C(N)=O)ccn1. The number of carbonyl (C=O) groups is 1. The van der Waals surface area contributed by atoms with Crippen LogP contribution in [-0.2, 0) is 0 Å². The maximum atomic E-state index is 11.1. The van der Waals surface area contributed by atoms with Gasteiger partial charge in [0, 0.05) is 24.8 Å². The Morgan fingerprint density at radius 3 is 2.50 bits per heavy atom. The number of hydrogen-bond donors (Lipinski definition) is 1. The number of anilines is 1. The zero-order valence-electron chi connectivity index (χ0n) is 9.94. The fraction of sp³-hybridized carbons (Fsp3) is 0.500. The van der Waals surface area contributed by atoms with Crippen LogP contribution in [0.15, 0.2) is 18.3 Å². The molecule has 0 saturated carbocycles. The van der Waals surface area contributed by atoms with Gasteiger partial charge in [0.25, 0.3) is 0 Å². The quantitative estimate of drug-likeness (QED) is 0.797. The average Bonchev–Trinajstić information content (AvgIpc) is 2.29. The van der Waals surface area contributed by atoms with Crippen LogP contribution in [0, 0.1) is 0 Å². The first-order chi connectivity index (χ1) is 7.69. The maximum Gasteiger partial charge on any atom is 0.248 e. The third-order valence-corrected chi connectivity index (χ3v) is 2.34. The van der Waals surface area contributed by atoms with Gasteiger partial charge in [0.2, 0.25) is 5.91 Å². The van der Waals surface area contributed by atoms with Crippen LogP contribution in [0.5, 0.6) is 0 Å². The van der Waals surface area contributed by atoms with Crippen molar-refractivity contribution in [1.82, 2.24) is 4.98 Å². The van der Waals surface area contributed by atoms with Gasteiger partial charge in [-0.15, -0.1) is 0 Å². The van der Waals surface area contributed by atoms with Crippen molar-refractivity contribution in [2.75, 3.05) is 18.0 Å². The van der Waals surface area contributed by atoms with E-state index in [9.17, 15) is 4.79 Å². The molecular weight excluding hydrogens is 202 g/mol. The molecule has 16 heavy (non-hydrogen) atoms. The van der Waals surface area contributed by atoms with Gasteiger partial charge < -0.3 is 10.6 Å². The van der Waals surface area contributed by atoms with E-state index < -0.39 is 5.91 Å². The van der Waals surface area contributed by atoms with Crippen molar-refractivity contribution in [3.63, 3.8) is 0 Å². The van der Waals surface area contributed by atoms with Crippen LogP contribution in [0.25, 0.3) is 0 Å². The number of hydrogen-bond acceptors (Lipinski definition) is 3. The molecule has 0 saturated heterocycles. The second kappa shape index (κ2) is 6.10. The molecule has 1 aromatic heterocycles. The number of nitrogens with zero attached hydrogens (tertiary/aromatic N) is 2. The molecule has 0 aliphatic rings. The summed E-state index contributed by atoms with van der Waals surface area (Å²) < 4.78 is 0. The Balaban J connectivity index is 2.90. The Kier molecular flexibility index (Phi) is 4.76. The van der Waals surface area contributed by atoms with Gasteiger partial charge in [-0.25, -0.2) is 4.98 Å². The second-order valence-corrected chi connectivity index (χ2v) is 3.75. The molecule has 1 aromatic rings. The average molecular weight is 221 g/mol. The van der Waals surface area contributed by atoms with Crippen LogP contribution in [0.3, 0.4) is 0 Å². The van der Waals surface area contributed by atoms with Gasteiger partial charge >= 0.3 is 0 Å². The molecule has 2 N–H and O–H groups in total. The lowest BCUT2D eigenvalue weighted by molar-refractivity contribution is 0.1000. The van der Waals surface area contributed by atoms with Gasteiger partial charge in [0.15, 0.2) is 0 Å². The lowest BCUT2D eigenvalue weighted by atomic mass is 10.2. The van der Waals surface area contributed by atoms with E-state index >= 15 is 0 Å². The molecule has 1 heterocycles. The smallest absolute Gasteiger partial charge is 0.248 e. The minimum atomic E-state index is -0.406. The summed E-state index contributed by atoms with van der Waals surface area (Å²) in [5.41, 5.74) is 5.76. The highest BCUT2D eigenvalue weighted by molar-refractivity contribution is 5.93. The molecule has 4 nitrogen and oxygen atoms in total. The van der Waals surface area contributed by atoms with E-state index in [2.05, 4.69) is 23.7 Å². The van der Waals surface area contributed by atoms with Gasteiger partial charge in [0.1, 0.15) is 5.82 Å². The van der Waals surface area contributed by atoms with Crippen molar-refractivity contribution < 1.29 is 4.79 Å². The topological polar surface area (TPSA) is 59.2 Å². The lowest BCUT2D eigenvalue weighted by Gasteiger charge is -2.22. The monoisotopic (exact) mass is 221 g/mol. The summed E-state index contributed by atoms with van der Waals surface area (Å²) >= 11 is 0. The zero-order chi connectivity index (χ0) is 12.0. The van der Waals surface area contributed by atoms with Crippen LogP contribution >= 0.6 is 0 Å². The van der Waals surface area contributed by atoms with Crippen molar-refractivity contribution in [3.05, 3.63) is 23.9 Å². The highest BCUT2D eigenvalue weighted by Gasteiger charge is 2.08. The third kappa shape index (κ3) is 3.22. The third-order valence-electron chi connectivity index (χ3n) is 2.34. The molecule has 0 spiro atoms. The van der Waals surface area contributed by atoms with E-state index in [0.717, 1.165) is 31.7 Å². The summed E-state index contributed by atoms with van der Waals surface area (Å²) in [6.07, 6.45) is 3.75. The van der Waals surface area contributed by atoms with E-state index in [1.165, 1.54) is 0 Å². The fourth-order valence-electron chi connectivity index (χ4n) is 1.63. The molecule has 88 valence electrons. The van der Waals surface area contributed by atoms with Crippen LogP contribution in [-0.4, -0.2) is 24.0 Å². The minimum absolute atomic E-state index is 0.406. The predicted octanol–water partition coefficient (Wildman–Crippen LogP) is 1.81. The second-order valence-electron chi connectivity index (χ2n) is 3.75. The van der Waals surface area contributed by atoms with Crippen molar-refractivity contribution in [2.45, 2.75) is 26.7 Å². The Labute approximate surface area is 96.5 Å². The summed E-state index contributed by atoms with van der Waals surface area (Å²) in [5, 5.41) is 0. The number of nitrogens with two attached hydrogens (primary N) is 1. The van der Waals surface area contributed by atoms with Gasteiger partial charge in [-0.1, -0.05) is 13.8 Å².